The molecular formula is C29H33N5O3. The Morgan fingerprint density at radius 3 is 2.38 bits per heavy atom. The average Bonchev–Trinajstić information content (AvgIpc) is 3.58. The number of amides is 2. The van der Waals surface area contributed by atoms with Crippen LogP contribution >= 0.6 is 0 Å². The van der Waals surface area contributed by atoms with Gasteiger partial charge in [0.15, 0.2) is 0 Å². The Hall–Kier alpha value is -3.94. The fourth-order valence-electron chi connectivity index (χ4n) is 5.01. The van der Waals surface area contributed by atoms with Gasteiger partial charge >= 0.3 is 0 Å². The molecule has 0 spiro atoms. The number of hydrogen-bond acceptors (Lipinski definition) is 5. The molecule has 4 aromatic rings. The summed E-state index contributed by atoms with van der Waals surface area (Å²) in [7, 11) is 0. The lowest BCUT2D eigenvalue weighted by atomic mass is 9.81. The van der Waals surface area contributed by atoms with Gasteiger partial charge in [-0.1, -0.05) is 50.2 Å². The van der Waals surface area contributed by atoms with Gasteiger partial charge in [0.1, 0.15) is 0 Å². The molecule has 8 nitrogen and oxygen atoms in total. The fourth-order valence-corrected chi connectivity index (χ4v) is 5.01. The van der Waals surface area contributed by atoms with Crippen LogP contribution in [0.15, 0.2) is 65.2 Å². The van der Waals surface area contributed by atoms with Gasteiger partial charge in [-0.05, 0) is 43.9 Å². The first-order chi connectivity index (χ1) is 18.0. The Labute approximate surface area is 216 Å². The molecule has 2 heterocycles. The van der Waals surface area contributed by atoms with Crippen LogP contribution in [0.5, 0.6) is 0 Å². The molecule has 1 fully saturated rings. The smallest absolute Gasteiger partial charge is 0.253 e. The minimum atomic E-state index is -0.152. The summed E-state index contributed by atoms with van der Waals surface area (Å²) in [6.07, 6.45) is 5.18. The molecule has 1 aliphatic rings. The molecular weight excluding hydrogens is 466 g/mol. The van der Waals surface area contributed by atoms with Gasteiger partial charge in [-0.15, -0.1) is 10.2 Å². The van der Waals surface area contributed by atoms with Gasteiger partial charge < -0.3 is 19.6 Å². The summed E-state index contributed by atoms with van der Waals surface area (Å²) in [6, 6.07) is 17.8. The molecule has 2 aromatic heterocycles. The minimum Gasteiger partial charge on any atom is -0.425 e. The van der Waals surface area contributed by atoms with Crippen molar-refractivity contribution in [1.82, 2.24) is 25.4 Å². The maximum atomic E-state index is 13.0. The predicted octanol–water partition coefficient (Wildman–Crippen LogP) is 4.96. The van der Waals surface area contributed by atoms with Crippen molar-refractivity contribution in [1.29, 1.82) is 0 Å². The fraction of sp³-hybridized carbons (Fsp3) is 0.379. The van der Waals surface area contributed by atoms with Gasteiger partial charge in [-0.2, -0.15) is 0 Å². The summed E-state index contributed by atoms with van der Waals surface area (Å²) < 4.78 is 7.84. The number of carbonyl (C=O) groups excluding carboxylic acids is 2. The van der Waals surface area contributed by atoms with Gasteiger partial charge in [0, 0.05) is 48.1 Å². The van der Waals surface area contributed by atoms with Gasteiger partial charge in [0.05, 0.1) is 11.1 Å². The van der Waals surface area contributed by atoms with E-state index in [1.165, 1.54) is 0 Å². The second kappa shape index (κ2) is 11.0. The first-order valence-electron chi connectivity index (χ1n) is 13.1. The molecule has 0 aliphatic heterocycles. The van der Waals surface area contributed by atoms with Gasteiger partial charge in [-0.25, -0.2) is 0 Å². The third-order valence-corrected chi connectivity index (χ3v) is 7.10. The molecule has 37 heavy (non-hydrogen) atoms. The first kappa shape index (κ1) is 24.7. The first-order valence-corrected chi connectivity index (χ1v) is 13.1. The highest BCUT2D eigenvalue weighted by molar-refractivity contribution is 6.07. The highest BCUT2D eigenvalue weighted by atomic mass is 16.4. The number of nitrogens with zero attached hydrogens (tertiary/aromatic N) is 3. The molecule has 192 valence electrons. The Balaban J connectivity index is 1.11. The van der Waals surface area contributed by atoms with Gasteiger partial charge in [0.25, 0.3) is 5.91 Å². The highest BCUT2D eigenvalue weighted by Gasteiger charge is 2.30. The molecule has 2 N–H and O–H groups in total. The second-order valence-corrected chi connectivity index (χ2v) is 9.99. The van der Waals surface area contributed by atoms with E-state index in [0.717, 1.165) is 42.3 Å². The predicted molar refractivity (Wildman–Crippen MR) is 142 cm³/mol. The van der Waals surface area contributed by atoms with Crippen molar-refractivity contribution in [3.05, 3.63) is 78.1 Å². The van der Waals surface area contributed by atoms with Crippen LogP contribution in [0, 0.1) is 5.92 Å². The molecule has 0 bridgehead atoms. The van der Waals surface area contributed by atoms with Crippen LogP contribution in [0.2, 0.25) is 0 Å². The van der Waals surface area contributed by atoms with E-state index >= 15 is 0 Å². The third-order valence-electron chi connectivity index (χ3n) is 7.10. The zero-order valence-corrected chi connectivity index (χ0v) is 21.3. The maximum absolute atomic E-state index is 13.0. The van der Waals surface area contributed by atoms with Crippen LogP contribution in [0.25, 0.3) is 16.6 Å². The number of aromatic nitrogens is 3. The average molecular weight is 500 g/mol. The quantitative estimate of drug-likeness (QED) is 0.334. The standard InChI is InChI=1S/C29H33N5O3/c1-19(2)28-32-33-29(37-28)21-14-12-20(13-15-21)26(35)30-16-17-31-27(36)24-18-34(22-8-4-3-5-9-22)25-11-7-6-10-23(24)25/h3-11,18-21H,12-17H2,1-2H3,(H,30,35)(H,31,36). The Kier molecular flexibility index (Phi) is 7.35. The molecule has 0 radical (unpaired) electrons. The zero-order valence-electron chi connectivity index (χ0n) is 21.3. The summed E-state index contributed by atoms with van der Waals surface area (Å²) in [5, 5.41) is 15.2. The zero-order chi connectivity index (χ0) is 25.8. The van der Waals surface area contributed by atoms with Crippen molar-refractivity contribution in [2.24, 2.45) is 5.92 Å². The van der Waals surface area contributed by atoms with Crippen LogP contribution in [0.1, 0.15) is 73.5 Å². The normalized spacial score (nSPS) is 17.7. The molecule has 0 saturated heterocycles. The number of rotatable bonds is 8. The lowest BCUT2D eigenvalue weighted by Gasteiger charge is -2.25. The molecule has 2 amide bonds. The van der Waals surface area contributed by atoms with Crippen LogP contribution in [-0.2, 0) is 4.79 Å². The van der Waals surface area contributed by atoms with Crippen molar-refractivity contribution in [2.75, 3.05) is 13.1 Å². The monoisotopic (exact) mass is 499 g/mol. The largest absolute Gasteiger partial charge is 0.425 e. The van der Waals surface area contributed by atoms with E-state index in [-0.39, 0.29) is 29.6 Å². The van der Waals surface area contributed by atoms with E-state index in [9.17, 15) is 9.59 Å². The van der Waals surface area contributed by atoms with Crippen LogP contribution < -0.4 is 10.6 Å². The Bertz CT molecular complexity index is 1370. The highest BCUT2D eigenvalue weighted by Crippen LogP contribution is 2.35. The van der Waals surface area contributed by atoms with Crippen molar-refractivity contribution in [3.63, 3.8) is 0 Å². The number of para-hydroxylation sites is 2. The second-order valence-electron chi connectivity index (χ2n) is 9.99. The van der Waals surface area contributed by atoms with Crippen molar-refractivity contribution < 1.29 is 14.0 Å². The van der Waals surface area contributed by atoms with Gasteiger partial charge in [0.2, 0.25) is 17.7 Å². The van der Waals surface area contributed by atoms with Crippen LogP contribution in [-0.4, -0.2) is 39.7 Å². The Morgan fingerprint density at radius 1 is 0.946 bits per heavy atom. The number of benzene rings is 2. The minimum absolute atomic E-state index is 0.0247. The van der Waals surface area contributed by atoms with Crippen LogP contribution in [0.4, 0.5) is 0 Å². The SMILES string of the molecule is CC(C)c1nnc(C2CCC(C(=O)NCCNC(=O)c3cn(-c4ccccc4)c4ccccc34)CC2)o1. The van der Waals surface area contributed by atoms with Crippen molar-refractivity contribution in [3.8, 4) is 5.69 Å². The van der Waals surface area contributed by atoms with Crippen LogP contribution in [0.3, 0.4) is 0 Å². The molecule has 2 aromatic carbocycles. The van der Waals surface area contributed by atoms with Crippen molar-refractivity contribution in [2.45, 2.75) is 51.4 Å². The number of hydrogen-bond donors (Lipinski definition) is 2. The van der Waals surface area contributed by atoms with E-state index in [4.69, 9.17) is 4.42 Å². The summed E-state index contributed by atoms with van der Waals surface area (Å²) in [6.45, 7) is 4.82. The number of fused-ring (bicyclic) bond motifs is 1. The van der Waals surface area contributed by atoms with E-state index < -0.39 is 0 Å². The van der Waals surface area contributed by atoms with Gasteiger partial charge in [-0.3, -0.25) is 9.59 Å². The van der Waals surface area contributed by atoms with E-state index in [1.54, 1.807) is 0 Å². The number of nitrogens with one attached hydrogen (secondary N) is 2. The van der Waals surface area contributed by atoms with E-state index in [2.05, 4.69) is 20.8 Å². The third kappa shape index (κ3) is 5.43. The summed E-state index contributed by atoms with van der Waals surface area (Å²) >= 11 is 0. The van der Waals surface area contributed by atoms with Crippen molar-refractivity contribution >= 4 is 22.7 Å². The Morgan fingerprint density at radius 2 is 1.65 bits per heavy atom. The van der Waals surface area contributed by atoms with E-state index in [0.29, 0.717) is 30.4 Å². The van der Waals surface area contributed by atoms with E-state index in [1.807, 2.05) is 79.2 Å². The molecule has 1 saturated carbocycles. The summed E-state index contributed by atoms with van der Waals surface area (Å²) in [4.78, 5) is 25.7. The molecule has 1 aliphatic carbocycles. The molecule has 8 heteroatoms. The molecule has 5 rings (SSSR count). The lowest BCUT2D eigenvalue weighted by Crippen LogP contribution is -2.38. The molecule has 0 atom stereocenters. The lowest BCUT2D eigenvalue weighted by molar-refractivity contribution is -0.126. The topological polar surface area (TPSA) is 102 Å². The summed E-state index contributed by atoms with van der Waals surface area (Å²) in [5.41, 5.74) is 2.59. The number of carbonyl (C=O) groups is 2. The summed E-state index contributed by atoms with van der Waals surface area (Å²) in [5.74, 6) is 1.67. The molecule has 0 unspecified atom stereocenters. The maximum Gasteiger partial charge on any atom is 0.253 e.